The maximum atomic E-state index is 12.9. The average molecular weight is 448 g/mol. The van der Waals surface area contributed by atoms with Crippen LogP contribution >= 0.6 is 11.3 Å². The summed E-state index contributed by atoms with van der Waals surface area (Å²) in [6, 6.07) is 14.4. The molecule has 1 aliphatic rings. The van der Waals surface area contributed by atoms with Crippen LogP contribution in [0, 0.1) is 0 Å². The van der Waals surface area contributed by atoms with E-state index in [0.717, 1.165) is 50.2 Å². The zero-order valence-electron chi connectivity index (χ0n) is 17.6. The summed E-state index contributed by atoms with van der Waals surface area (Å²) in [5.41, 5.74) is 3.80. The molecule has 1 atom stereocenters. The van der Waals surface area contributed by atoms with Gasteiger partial charge in [0.1, 0.15) is 5.69 Å². The molecule has 1 amide bonds. The van der Waals surface area contributed by atoms with Crippen molar-refractivity contribution in [3.63, 3.8) is 0 Å². The zero-order valence-corrected chi connectivity index (χ0v) is 18.5. The predicted molar refractivity (Wildman–Crippen MR) is 125 cm³/mol. The van der Waals surface area contributed by atoms with Crippen molar-refractivity contribution in [1.82, 2.24) is 25.0 Å². The van der Waals surface area contributed by atoms with E-state index in [2.05, 4.69) is 55.3 Å². The second-order valence-electron chi connectivity index (χ2n) is 7.87. The zero-order chi connectivity index (χ0) is 21.8. The largest absolute Gasteiger partial charge is 0.363 e. The van der Waals surface area contributed by atoms with Gasteiger partial charge < -0.3 is 9.47 Å². The molecule has 5 rings (SSSR count). The van der Waals surface area contributed by atoms with Gasteiger partial charge in [0.15, 0.2) is 5.13 Å². The number of anilines is 2. The number of hydrogen-bond donors (Lipinski definition) is 2. The van der Waals surface area contributed by atoms with Crippen LogP contribution in [0.15, 0.2) is 60.2 Å². The highest BCUT2D eigenvalue weighted by Crippen LogP contribution is 2.37. The second kappa shape index (κ2) is 9.35. The van der Waals surface area contributed by atoms with Crippen molar-refractivity contribution in [2.75, 3.05) is 16.8 Å². The van der Waals surface area contributed by atoms with Crippen molar-refractivity contribution >= 4 is 28.1 Å². The summed E-state index contributed by atoms with van der Waals surface area (Å²) in [5.74, 6) is -0.135. The highest BCUT2D eigenvalue weighted by atomic mass is 32.1. The molecule has 3 aromatic heterocycles. The molecule has 1 fully saturated rings. The van der Waals surface area contributed by atoms with Gasteiger partial charge >= 0.3 is 0 Å². The molecule has 0 bridgehead atoms. The van der Waals surface area contributed by atoms with E-state index in [0.29, 0.717) is 10.8 Å². The number of H-pyrrole nitrogens is 1. The lowest BCUT2D eigenvalue weighted by Gasteiger charge is -2.25. The monoisotopic (exact) mass is 447 g/mol. The fraction of sp³-hybridized carbons (Fsp3) is 0.304. The van der Waals surface area contributed by atoms with Gasteiger partial charge in [0.05, 0.1) is 17.4 Å². The van der Waals surface area contributed by atoms with Crippen LogP contribution in [-0.4, -0.2) is 37.4 Å². The van der Waals surface area contributed by atoms with Crippen molar-refractivity contribution in [3.8, 4) is 0 Å². The molecular formula is C23H25N7OS. The molecule has 8 nitrogen and oxygen atoms in total. The normalized spacial score (nSPS) is 15.9. The molecule has 164 valence electrons. The van der Waals surface area contributed by atoms with E-state index in [1.54, 1.807) is 6.20 Å². The Labute approximate surface area is 190 Å². The van der Waals surface area contributed by atoms with Gasteiger partial charge in [-0.2, -0.15) is 0 Å². The summed E-state index contributed by atoms with van der Waals surface area (Å²) >= 11 is 1.48. The van der Waals surface area contributed by atoms with E-state index in [-0.39, 0.29) is 11.9 Å². The number of amides is 1. The SMILES string of the molecule is O=C(Nc1nc([C@H]2CCCN2c2ccccc2)cs1)c1cccn1CCCc1c[nH]nn1. The van der Waals surface area contributed by atoms with Gasteiger partial charge in [0.2, 0.25) is 0 Å². The van der Waals surface area contributed by atoms with Crippen LogP contribution in [0.2, 0.25) is 0 Å². The molecule has 9 heteroatoms. The summed E-state index contributed by atoms with van der Waals surface area (Å²) in [7, 11) is 0. The first kappa shape index (κ1) is 20.4. The Bertz CT molecular complexity index is 1150. The van der Waals surface area contributed by atoms with Crippen LogP contribution in [0.1, 0.15) is 47.2 Å². The van der Waals surface area contributed by atoms with Crippen molar-refractivity contribution in [1.29, 1.82) is 0 Å². The van der Waals surface area contributed by atoms with Crippen LogP contribution in [0.25, 0.3) is 0 Å². The second-order valence-corrected chi connectivity index (χ2v) is 8.73. The number of nitrogens with one attached hydrogen (secondary N) is 2. The Morgan fingerprint density at radius 2 is 2.12 bits per heavy atom. The minimum Gasteiger partial charge on any atom is -0.363 e. The third kappa shape index (κ3) is 4.43. The summed E-state index contributed by atoms with van der Waals surface area (Å²) in [5, 5.41) is 16.2. The predicted octanol–water partition coefficient (Wildman–Crippen LogP) is 4.29. The van der Waals surface area contributed by atoms with Gasteiger partial charge in [-0.25, -0.2) is 4.98 Å². The highest BCUT2D eigenvalue weighted by molar-refractivity contribution is 7.14. The third-order valence-electron chi connectivity index (χ3n) is 5.79. The smallest absolute Gasteiger partial charge is 0.274 e. The van der Waals surface area contributed by atoms with Gasteiger partial charge in [0.25, 0.3) is 5.91 Å². The number of carbonyl (C=O) groups excluding carboxylic acids is 1. The van der Waals surface area contributed by atoms with Gasteiger partial charge in [0, 0.05) is 36.6 Å². The van der Waals surface area contributed by atoms with Gasteiger partial charge in [-0.3, -0.25) is 15.2 Å². The van der Waals surface area contributed by atoms with Crippen LogP contribution in [0.3, 0.4) is 0 Å². The number of hydrogen-bond acceptors (Lipinski definition) is 6. The van der Waals surface area contributed by atoms with Gasteiger partial charge in [-0.15, -0.1) is 16.4 Å². The van der Waals surface area contributed by atoms with Crippen molar-refractivity contribution in [2.45, 2.75) is 38.3 Å². The molecule has 0 radical (unpaired) electrons. The van der Waals surface area contributed by atoms with Gasteiger partial charge in [-0.1, -0.05) is 23.4 Å². The van der Waals surface area contributed by atoms with Crippen LogP contribution < -0.4 is 10.2 Å². The molecule has 0 spiro atoms. The number of benzene rings is 1. The fourth-order valence-corrected chi connectivity index (χ4v) is 5.01. The fourth-order valence-electron chi connectivity index (χ4n) is 4.25. The Kier molecular flexibility index (Phi) is 5.98. The topological polar surface area (TPSA) is 91.7 Å². The van der Waals surface area contributed by atoms with E-state index in [9.17, 15) is 4.79 Å². The first-order chi connectivity index (χ1) is 15.8. The van der Waals surface area contributed by atoms with E-state index >= 15 is 0 Å². The molecule has 1 aliphatic heterocycles. The summed E-state index contributed by atoms with van der Waals surface area (Å²) in [6.45, 7) is 1.76. The lowest BCUT2D eigenvalue weighted by molar-refractivity contribution is 0.101. The molecule has 4 heterocycles. The molecule has 0 unspecified atom stereocenters. The van der Waals surface area contributed by atoms with E-state index in [1.807, 2.05) is 29.0 Å². The number of carbonyl (C=O) groups is 1. The number of aromatic nitrogens is 5. The lowest BCUT2D eigenvalue weighted by atomic mass is 10.1. The Hall–Kier alpha value is -3.46. The molecule has 0 saturated carbocycles. The molecule has 32 heavy (non-hydrogen) atoms. The number of aryl methyl sites for hydroxylation is 2. The molecular weight excluding hydrogens is 422 g/mol. The molecule has 1 saturated heterocycles. The van der Waals surface area contributed by atoms with Gasteiger partial charge in [-0.05, 0) is 49.9 Å². The first-order valence-electron chi connectivity index (χ1n) is 10.9. The Morgan fingerprint density at radius 3 is 2.97 bits per heavy atom. The molecule has 0 aliphatic carbocycles. The standard InChI is InChI=1S/C23H25N7OS/c31-22(21-11-5-13-29(21)12-4-7-17-15-24-28-27-17)26-23-25-19(16-32-23)20-10-6-14-30(20)18-8-2-1-3-9-18/h1-3,5,8-9,11,13,15-16,20H,4,6-7,10,12,14H2,(H,24,27,28)(H,25,26,31)/t20-/m1/s1. The Morgan fingerprint density at radius 1 is 1.22 bits per heavy atom. The maximum Gasteiger partial charge on any atom is 0.274 e. The number of rotatable bonds is 8. The van der Waals surface area contributed by atoms with Crippen molar-refractivity contribution in [2.24, 2.45) is 0 Å². The highest BCUT2D eigenvalue weighted by Gasteiger charge is 2.28. The number of thiazole rings is 1. The minimum absolute atomic E-state index is 0.135. The van der Waals surface area contributed by atoms with Crippen LogP contribution in [0.5, 0.6) is 0 Å². The average Bonchev–Trinajstić information content (AvgIpc) is 3.61. The minimum atomic E-state index is -0.135. The quantitative estimate of drug-likeness (QED) is 0.420. The third-order valence-corrected chi connectivity index (χ3v) is 6.56. The molecule has 4 aromatic rings. The first-order valence-corrected chi connectivity index (χ1v) is 11.7. The lowest BCUT2D eigenvalue weighted by Crippen LogP contribution is -2.22. The van der Waals surface area contributed by atoms with E-state index in [1.165, 1.54) is 17.0 Å². The number of para-hydroxylation sites is 1. The Balaban J connectivity index is 1.22. The number of aromatic amines is 1. The van der Waals surface area contributed by atoms with E-state index < -0.39 is 0 Å². The summed E-state index contributed by atoms with van der Waals surface area (Å²) < 4.78 is 1.97. The van der Waals surface area contributed by atoms with Crippen LogP contribution in [0.4, 0.5) is 10.8 Å². The van der Waals surface area contributed by atoms with Crippen molar-refractivity contribution in [3.05, 3.63) is 77.3 Å². The number of nitrogens with zero attached hydrogens (tertiary/aromatic N) is 5. The summed E-state index contributed by atoms with van der Waals surface area (Å²) in [4.78, 5) is 20.1. The van der Waals surface area contributed by atoms with Crippen LogP contribution in [-0.2, 0) is 13.0 Å². The van der Waals surface area contributed by atoms with Crippen molar-refractivity contribution < 1.29 is 4.79 Å². The maximum absolute atomic E-state index is 12.9. The molecule has 2 N–H and O–H groups in total. The van der Waals surface area contributed by atoms with E-state index in [4.69, 9.17) is 4.98 Å². The summed E-state index contributed by atoms with van der Waals surface area (Å²) in [6.07, 6.45) is 7.62. The molecule has 1 aromatic carbocycles.